The van der Waals surface area contributed by atoms with Crippen LogP contribution in [0.25, 0.3) is 0 Å². The van der Waals surface area contributed by atoms with E-state index in [0.717, 1.165) is 11.3 Å². The summed E-state index contributed by atoms with van der Waals surface area (Å²) in [6.07, 6.45) is 9.53. The summed E-state index contributed by atoms with van der Waals surface area (Å²) in [6, 6.07) is 14.6. The smallest absolute Gasteiger partial charge is 0.272 e. The van der Waals surface area contributed by atoms with Gasteiger partial charge >= 0.3 is 0 Å². The standard InChI is InChI=1S/C23H31N3O/c1-18(2)26(17-19-10-6-5-7-11-19)23(27)22-15-14-21(16-24-22)25-20-12-8-3-4-9-13-20/h5-7,10-11,14-16,18,20,25H,3-4,8-9,12-13,17H2,1-2H3. The molecular weight excluding hydrogens is 334 g/mol. The number of carbonyl (C=O) groups excluding carboxylic acids is 1. The first kappa shape index (κ1) is 19.4. The van der Waals surface area contributed by atoms with Crippen LogP contribution in [0.5, 0.6) is 0 Å². The Morgan fingerprint density at radius 1 is 1.07 bits per heavy atom. The van der Waals surface area contributed by atoms with Crippen LogP contribution in [-0.2, 0) is 6.54 Å². The van der Waals surface area contributed by atoms with Gasteiger partial charge in [0.1, 0.15) is 5.69 Å². The molecule has 0 unspecified atom stereocenters. The van der Waals surface area contributed by atoms with Crippen molar-refractivity contribution in [3.8, 4) is 0 Å². The molecule has 2 aromatic rings. The summed E-state index contributed by atoms with van der Waals surface area (Å²) in [7, 11) is 0. The summed E-state index contributed by atoms with van der Waals surface area (Å²) in [6.45, 7) is 4.69. The van der Waals surface area contributed by atoms with Crippen molar-refractivity contribution >= 4 is 11.6 Å². The lowest BCUT2D eigenvalue weighted by Crippen LogP contribution is -2.36. The third-order valence-electron chi connectivity index (χ3n) is 5.29. The second kappa shape index (κ2) is 9.54. The highest BCUT2D eigenvalue weighted by molar-refractivity contribution is 5.92. The van der Waals surface area contributed by atoms with Crippen LogP contribution in [-0.4, -0.2) is 27.9 Å². The highest BCUT2D eigenvalue weighted by atomic mass is 16.2. The van der Waals surface area contributed by atoms with Gasteiger partial charge in [0, 0.05) is 18.6 Å². The molecule has 27 heavy (non-hydrogen) atoms. The molecule has 4 heteroatoms. The Morgan fingerprint density at radius 3 is 2.37 bits per heavy atom. The van der Waals surface area contributed by atoms with E-state index in [1.165, 1.54) is 38.5 Å². The Labute approximate surface area is 163 Å². The Balaban J connectivity index is 1.65. The van der Waals surface area contributed by atoms with E-state index in [1.54, 1.807) is 6.20 Å². The molecule has 144 valence electrons. The molecule has 1 aromatic heterocycles. The minimum absolute atomic E-state index is 0.0186. The molecule has 1 saturated carbocycles. The Bertz CT molecular complexity index is 704. The van der Waals surface area contributed by atoms with Crippen molar-refractivity contribution in [1.82, 2.24) is 9.88 Å². The van der Waals surface area contributed by atoms with E-state index in [-0.39, 0.29) is 11.9 Å². The summed E-state index contributed by atoms with van der Waals surface area (Å²) in [4.78, 5) is 19.3. The molecule has 4 nitrogen and oxygen atoms in total. The van der Waals surface area contributed by atoms with Gasteiger partial charge in [-0.1, -0.05) is 56.0 Å². The average Bonchev–Trinajstić information content (AvgIpc) is 2.95. The number of aromatic nitrogens is 1. The molecule has 0 bridgehead atoms. The van der Waals surface area contributed by atoms with E-state index in [4.69, 9.17) is 0 Å². The second-order valence-electron chi connectivity index (χ2n) is 7.78. The van der Waals surface area contributed by atoms with Crippen molar-refractivity contribution in [2.45, 2.75) is 71.0 Å². The monoisotopic (exact) mass is 365 g/mol. The number of rotatable bonds is 6. The van der Waals surface area contributed by atoms with Crippen molar-refractivity contribution < 1.29 is 4.79 Å². The van der Waals surface area contributed by atoms with Crippen molar-refractivity contribution in [3.05, 3.63) is 59.9 Å². The molecule has 1 aliphatic carbocycles. The van der Waals surface area contributed by atoms with Crippen LogP contribution >= 0.6 is 0 Å². The molecule has 0 spiro atoms. The quantitative estimate of drug-likeness (QED) is 0.710. The van der Waals surface area contributed by atoms with Gasteiger partial charge in [-0.2, -0.15) is 0 Å². The molecule has 1 amide bonds. The van der Waals surface area contributed by atoms with Gasteiger partial charge < -0.3 is 10.2 Å². The van der Waals surface area contributed by atoms with Crippen LogP contribution in [0, 0.1) is 0 Å². The SMILES string of the molecule is CC(C)N(Cc1ccccc1)C(=O)c1ccc(NC2CCCCCC2)cn1. The van der Waals surface area contributed by atoms with Crippen LogP contribution in [0.1, 0.15) is 68.4 Å². The molecule has 0 aliphatic heterocycles. The Morgan fingerprint density at radius 2 is 1.78 bits per heavy atom. The zero-order valence-corrected chi connectivity index (χ0v) is 16.5. The van der Waals surface area contributed by atoms with Crippen molar-refractivity contribution in [1.29, 1.82) is 0 Å². The fourth-order valence-corrected chi connectivity index (χ4v) is 3.68. The Hall–Kier alpha value is -2.36. The van der Waals surface area contributed by atoms with E-state index in [1.807, 2.05) is 49.1 Å². The van der Waals surface area contributed by atoms with Gasteiger partial charge in [-0.05, 0) is 44.4 Å². The normalized spacial score (nSPS) is 15.4. The number of hydrogen-bond acceptors (Lipinski definition) is 3. The average molecular weight is 366 g/mol. The van der Waals surface area contributed by atoms with E-state index >= 15 is 0 Å². The lowest BCUT2D eigenvalue weighted by molar-refractivity contribution is 0.0684. The highest BCUT2D eigenvalue weighted by Gasteiger charge is 2.20. The molecule has 3 rings (SSSR count). The van der Waals surface area contributed by atoms with E-state index < -0.39 is 0 Å². The number of pyridine rings is 1. The zero-order valence-electron chi connectivity index (χ0n) is 16.5. The van der Waals surface area contributed by atoms with E-state index in [9.17, 15) is 4.79 Å². The number of hydrogen-bond donors (Lipinski definition) is 1. The molecule has 1 N–H and O–H groups in total. The van der Waals surface area contributed by atoms with Gasteiger partial charge in [0.2, 0.25) is 0 Å². The van der Waals surface area contributed by atoms with Gasteiger partial charge in [-0.3, -0.25) is 4.79 Å². The first-order valence-corrected chi connectivity index (χ1v) is 10.2. The number of benzene rings is 1. The van der Waals surface area contributed by atoms with Gasteiger partial charge in [0.25, 0.3) is 5.91 Å². The fourth-order valence-electron chi connectivity index (χ4n) is 3.68. The molecule has 1 aromatic carbocycles. The first-order chi connectivity index (χ1) is 13.1. The number of carbonyl (C=O) groups is 1. The molecule has 1 heterocycles. The fraction of sp³-hybridized carbons (Fsp3) is 0.478. The maximum absolute atomic E-state index is 13.0. The molecule has 0 radical (unpaired) electrons. The number of amides is 1. The highest BCUT2D eigenvalue weighted by Crippen LogP contribution is 2.21. The molecular formula is C23H31N3O. The Kier molecular flexibility index (Phi) is 6.86. The van der Waals surface area contributed by atoms with Gasteiger partial charge in [-0.25, -0.2) is 4.98 Å². The number of nitrogens with zero attached hydrogens (tertiary/aromatic N) is 2. The topological polar surface area (TPSA) is 45.2 Å². The summed E-state index contributed by atoms with van der Waals surface area (Å²) in [5, 5.41) is 3.59. The predicted octanol–water partition coefficient (Wildman–Crippen LogP) is 5.27. The van der Waals surface area contributed by atoms with Crippen molar-refractivity contribution in [2.75, 3.05) is 5.32 Å². The third kappa shape index (κ3) is 5.56. The summed E-state index contributed by atoms with van der Waals surface area (Å²) >= 11 is 0. The molecule has 0 saturated heterocycles. The largest absolute Gasteiger partial charge is 0.381 e. The van der Waals surface area contributed by atoms with Crippen molar-refractivity contribution in [2.24, 2.45) is 0 Å². The van der Waals surface area contributed by atoms with Crippen LogP contribution in [0.15, 0.2) is 48.7 Å². The van der Waals surface area contributed by atoms with Gasteiger partial charge in [-0.15, -0.1) is 0 Å². The zero-order chi connectivity index (χ0) is 19.1. The van der Waals surface area contributed by atoms with Crippen LogP contribution in [0.3, 0.4) is 0 Å². The number of anilines is 1. The molecule has 1 fully saturated rings. The lowest BCUT2D eigenvalue weighted by Gasteiger charge is -2.26. The van der Waals surface area contributed by atoms with E-state index in [2.05, 4.69) is 22.4 Å². The summed E-state index contributed by atoms with van der Waals surface area (Å²) in [5.74, 6) is -0.0186. The minimum atomic E-state index is -0.0186. The van der Waals surface area contributed by atoms with E-state index in [0.29, 0.717) is 18.3 Å². The summed E-state index contributed by atoms with van der Waals surface area (Å²) in [5.41, 5.74) is 2.65. The maximum atomic E-state index is 13.0. The lowest BCUT2D eigenvalue weighted by atomic mass is 10.1. The van der Waals surface area contributed by atoms with Crippen LogP contribution in [0.2, 0.25) is 0 Å². The van der Waals surface area contributed by atoms with Crippen LogP contribution in [0.4, 0.5) is 5.69 Å². The van der Waals surface area contributed by atoms with Gasteiger partial charge in [0.15, 0.2) is 0 Å². The van der Waals surface area contributed by atoms with Gasteiger partial charge in [0.05, 0.1) is 11.9 Å². The predicted molar refractivity (Wildman–Crippen MR) is 111 cm³/mol. The first-order valence-electron chi connectivity index (χ1n) is 10.2. The number of nitrogens with one attached hydrogen (secondary N) is 1. The molecule has 0 atom stereocenters. The third-order valence-corrected chi connectivity index (χ3v) is 5.29. The maximum Gasteiger partial charge on any atom is 0.272 e. The van der Waals surface area contributed by atoms with Crippen LogP contribution < -0.4 is 5.32 Å². The minimum Gasteiger partial charge on any atom is -0.381 e. The molecule has 1 aliphatic rings. The summed E-state index contributed by atoms with van der Waals surface area (Å²) < 4.78 is 0. The van der Waals surface area contributed by atoms with Crippen molar-refractivity contribution in [3.63, 3.8) is 0 Å². The second-order valence-corrected chi connectivity index (χ2v) is 7.78.